The number of H-pyrrole nitrogens is 1. The Hall–Kier alpha value is -1.81. The lowest BCUT2D eigenvalue weighted by Crippen LogP contribution is -1.99. The number of hydrogen-bond donors (Lipinski definition) is 2. The van der Waals surface area contributed by atoms with Crippen molar-refractivity contribution < 1.29 is 14.7 Å². The smallest absolute Gasteiger partial charge is 0.303 e. The lowest BCUT2D eigenvalue weighted by atomic mass is 10.0. The van der Waals surface area contributed by atoms with Gasteiger partial charge in [0.15, 0.2) is 5.78 Å². The number of ketones is 1. The molecule has 0 bridgehead atoms. The van der Waals surface area contributed by atoms with E-state index in [0.29, 0.717) is 29.8 Å². The van der Waals surface area contributed by atoms with Gasteiger partial charge < -0.3 is 10.1 Å². The Labute approximate surface area is 115 Å². The molecule has 0 saturated carbocycles. The maximum Gasteiger partial charge on any atom is 0.303 e. The van der Waals surface area contributed by atoms with Gasteiger partial charge in [0.1, 0.15) is 0 Å². The summed E-state index contributed by atoms with van der Waals surface area (Å²) in [5, 5.41) is 9.93. The molecule has 2 aromatic rings. The van der Waals surface area contributed by atoms with Crippen molar-refractivity contribution in [1.29, 1.82) is 0 Å². The number of carbonyl (C=O) groups excluding carboxylic acids is 1. The highest BCUT2D eigenvalue weighted by Gasteiger charge is 2.13. The van der Waals surface area contributed by atoms with Crippen LogP contribution >= 0.6 is 11.6 Å². The van der Waals surface area contributed by atoms with Gasteiger partial charge in [-0.05, 0) is 18.9 Å². The van der Waals surface area contributed by atoms with Crippen molar-refractivity contribution in [2.24, 2.45) is 0 Å². The molecule has 0 amide bonds. The van der Waals surface area contributed by atoms with E-state index in [2.05, 4.69) is 4.98 Å². The highest BCUT2D eigenvalue weighted by molar-refractivity contribution is 6.35. The van der Waals surface area contributed by atoms with Crippen molar-refractivity contribution in [3.63, 3.8) is 0 Å². The zero-order valence-electron chi connectivity index (χ0n) is 10.3. The fourth-order valence-electron chi connectivity index (χ4n) is 2.04. The molecule has 19 heavy (non-hydrogen) atoms. The third-order valence-corrected chi connectivity index (χ3v) is 3.32. The molecule has 0 atom stereocenters. The number of unbranched alkanes of at least 4 members (excludes halogenated alkanes) is 1. The number of para-hydroxylation sites is 1. The third kappa shape index (κ3) is 3.15. The number of halogens is 1. The van der Waals surface area contributed by atoms with Gasteiger partial charge in [0.25, 0.3) is 0 Å². The maximum absolute atomic E-state index is 12.1. The van der Waals surface area contributed by atoms with E-state index >= 15 is 0 Å². The molecule has 0 saturated heterocycles. The van der Waals surface area contributed by atoms with Crippen LogP contribution in [0.5, 0.6) is 0 Å². The summed E-state index contributed by atoms with van der Waals surface area (Å²) >= 11 is 6.03. The summed E-state index contributed by atoms with van der Waals surface area (Å²) in [4.78, 5) is 25.4. The summed E-state index contributed by atoms with van der Waals surface area (Å²) in [6.07, 6.45) is 3.22. The van der Waals surface area contributed by atoms with Crippen LogP contribution in [-0.2, 0) is 4.79 Å². The Morgan fingerprint density at radius 3 is 2.68 bits per heavy atom. The first kappa shape index (κ1) is 13.6. The first-order valence-corrected chi connectivity index (χ1v) is 6.48. The number of aromatic amines is 1. The Kier molecular flexibility index (Phi) is 4.22. The first-order valence-electron chi connectivity index (χ1n) is 6.10. The van der Waals surface area contributed by atoms with Crippen LogP contribution in [0.1, 0.15) is 36.0 Å². The highest BCUT2D eigenvalue weighted by Crippen LogP contribution is 2.26. The van der Waals surface area contributed by atoms with E-state index < -0.39 is 5.97 Å². The second-order valence-electron chi connectivity index (χ2n) is 4.39. The minimum absolute atomic E-state index is 0.0129. The van der Waals surface area contributed by atoms with Crippen LogP contribution in [0, 0.1) is 0 Å². The molecule has 1 aromatic heterocycles. The van der Waals surface area contributed by atoms with Crippen molar-refractivity contribution in [1.82, 2.24) is 4.98 Å². The number of nitrogens with one attached hydrogen (secondary N) is 1. The predicted octanol–water partition coefficient (Wildman–Crippen LogP) is 3.65. The van der Waals surface area contributed by atoms with Crippen molar-refractivity contribution >= 4 is 34.3 Å². The summed E-state index contributed by atoms with van der Waals surface area (Å²) in [6, 6.07) is 5.42. The van der Waals surface area contributed by atoms with Crippen molar-refractivity contribution in [3.8, 4) is 0 Å². The van der Waals surface area contributed by atoms with E-state index in [1.807, 2.05) is 6.07 Å². The number of aliphatic carboxylic acids is 1. The largest absolute Gasteiger partial charge is 0.481 e. The van der Waals surface area contributed by atoms with Gasteiger partial charge in [0.05, 0.1) is 10.5 Å². The van der Waals surface area contributed by atoms with Crippen LogP contribution in [0.4, 0.5) is 0 Å². The van der Waals surface area contributed by atoms with Crippen molar-refractivity contribution in [2.45, 2.75) is 25.7 Å². The number of benzene rings is 1. The number of Topliss-reactive ketones (excluding diaryl/α,β-unsaturated/α-hetero) is 1. The zero-order chi connectivity index (χ0) is 13.8. The van der Waals surface area contributed by atoms with Gasteiger partial charge >= 0.3 is 5.97 Å². The van der Waals surface area contributed by atoms with Gasteiger partial charge in [0, 0.05) is 30.0 Å². The molecular weight excluding hydrogens is 266 g/mol. The summed E-state index contributed by atoms with van der Waals surface area (Å²) in [5.74, 6) is -0.815. The molecule has 1 aromatic carbocycles. The molecule has 2 N–H and O–H groups in total. The van der Waals surface area contributed by atoms with E-state index in [-0.39, 0.29) is 12.2 Å². The SMILES string of the molecule is O=C(O)CCCCC(=O)c1c[nH]c2c(Cl)cccc12. The molecule has 0 unspecified atom stereocenters. The lowest BCUT2D eigenvalue weighted by molar-refractivity contribution is -0.137. The zero-order valence-corrected chi connectivity index (χ0v) is 11.0. The summed E-state index contributed by atoms with van der Waals surface area (Å²) in [7, 11) is 0. The molecule has 1 heterocycles. The standard InChI is InChI=1S/C14H14ClNO3/c15-11-5-3-4-9-10(8-16-14(9)11)12(17)6-1-2-7-13(18)19/h3-5,8,16H,1-2,6-7H2,(H,18,19). The molecule has 4 nitrogen and oxygen atoms in total. The topological polar surface area (TPSA) is 70.2 Å². The third-order valence-electron chi connectivity index (χ3n) is 3.01. The fourth-order valence-corrected chi connectivity index (χ4v) is 2.27. The Morgan fingerprint density at radius 1 is 1.21 bits per heavy atom. The Morgan fingerprint density at radius 2 is 1.95 bits per heavy atom. The maximum atomic E-state index is 12.1. The summed E-state index contributed by atoms with van der Waals surface area (Å²) in [6.45, 7) is 0. The van der Waals surface area contributed by atoms with E-state index in [0.717, 1.165) is 10.9 Å². The molecule has 2 rings (SSSR count). The number of fused-ring (bicyclic) bond motifs is 1. The van der Waals surface area contributed by atoms with Crippen LogP contribution in [0.15, 0.2) is 24.4 Å². The molecule has 0 spiro atoms. The fraction of sp³-hybridized carbons (Fsp3) is 0.286. The highest BCUT2D eigenvalue weighted by atomic mass is 35.5. The minimum atomic E-state index is -0.827. The van der Waals surface area contributed by atoms with E-state index in [1.165, 1.54) is 0 Å². The van der Waals surface area contributed by atoms with Crippen LogP contribution in [0.2, 0.25) is 5.02 Å². The molecule has 0 fully saturated rings. The van der Waals surface area contributed by atoms with Gasteiger partial charge in [-0.25, -0.2) is 0 Å². The molecule has 0 aliphatic rings. The van der Waals surface area contributed by atoms with E-state index in [4.69, 9.17) is 16.7 Å². The first-order chi connectivity index (χ1) is 9.09. The number of rotatable bonds is 6. The molecule has 5 heteroatoms. The Balaban J connectivity index is 2.06. The van der Waals surface area contributed by atoms with Crippen molar-refractivity contribution in [2.75, 3.05) is 0 Å². The van der Waals surface area contributed by atoms with Gasteiger partial charge in [-0.2, -0.15) is 0 Å². The Bertz CT molecular complexity index is 618. The molecule has 0 aliphatic carbocycles. The molecule has 0 radical (unpaired) electrons. The second kappa shape index (κ2) is 5.89. The summed E-state index contributed by atoms with van der Waals surface area (Å²) < 4.78 is 0. The van der Waals surface area contributed by atoms with Gasteiger partial charge in [-0.15, -0.1) is 0 Å². The monoisotopic (exact) mass is 279 g/mol. The lowest BCUT2D eigenvalue weighted by Gasteiger charge is -1.99. The van der Waals surface area contributed by atoms with Gasteiger partial charge in [-0.1, -0.05) is 23.7 Å². The molecule has 100 valence electrons. The van der Waals surface area contributed by atoms with Crippen molar-refractivity contribution in [3.05, 3.63) is 35.0 Å². The average Bonchev–Trinajstić information content (AvgIpc) is 2.79. The van der Waals surface area contributed by atoms with E-state index in [1.54, 1.807) is 18.3 Å². The van der Waals surface area contributed by atoms with Crippen LogP contribution in [0.3, 0.4) is 0 Å². The average molecular weight is 280 g/mol. The van der Waals surface area contributed by atoms with E-state index in [9.17, 15) is 9.59 Å². The summed E-state index contributed by atoms with van der Waals surface area (Å²) in [5.41, 5.74) is 1.38. The normalized spacial score (nSPS) is 10.8. The number of hydrogen-bond acceptors (Lipinski definition) is 2. The quantitative estimate of drug-likeness (QED) is 0.626. The van der Waals surface area contributed by atoms with Crippen LogP contribution in [-0.4, -0.2) is 21.8 Å². The van der Waals surface area contributed by atoms with Crippen LogP contribution in [0.25, 0.3) is 10.9 Å². The predicted molar refractivity (Wildman–Crippen MR) is 73.7 cm³/mol. The number of carboxylic acid groups (broad SMARTS) is 1. The molecule has 0 aliphatic heterocycles. The second-order valence-corrected chi connectivity index (χ2v) is 4.80. The number of aromatic nitrogens is 1. The number of carboxylic acids is 1. The number of carbonyl (C=O) groups is 2. The van der Waals surface area contributed by atoms with Gasteiger partial charge in [-0.3, -0.25) is 9.59 Å². The van der Waals surface area contributed by atoms with Crippen LogP contribution < -0.4 is 0 Å². The molecular formula is C14H14ClNO3. The minimum Gasteiger partial charge on any atom is -0.481 e. The van der Waals surface area contributed by atoms with Gasteiger partial charge in [0.2, 0.25) is 0 Å².